The highest BCUT2D eigenvalue weighted by Crippen LogP contribution is 2.36. The van der Waals surface area contributed by atoms with E-state index in [1.54, 1.807) is 6.07 Å². The zero-order valence-corrected chi connectivity index (χ0v) is 11.1. The van der Waals surface area contributed by atoms with Gasteiger partial charge in [-0.1, -0.05) is 15.9 Å². The van der Waals surface area contributed by atoms with Crippen LogP contribution in [-0.2, 0) is 10.9 Å². The summed E-state index contributed by atoms with van der Waals surface area (Å²) in [6, 6.07) is 4.17. The second-order valence-electron chi connectivity index (χ2n) is 4.30. The summed E-state index contributed by atoms with van der Waals surface area (Å²) in [7, 11) is 0. The maximum Gasteiger partial charge on any atom is 0.417 e. The van der Waals surface area contributed by atoms with Crippen molar-refractivity contribution in [3.63, 3.8) is 0 Å². The van der Waals surface area contributed by atoms with Crippen LogP contribution in [0.1, 0.15) is 12.0 Å². The van der Waals surface area contributed by atoms with Crippen LogP contribution in [-0.4, -0.2) is 19.8 Å². The minimum Gasteiger partial charge on any atom is -0.385 e. The first-order valence-corrected chi connectivity index (χ1v) is 6.44. The fourth-order valence-electron chi connectivity index (χ4n) is 1.86. The molecule has 1 aromatic rings. The van der Waals surface area contributed by atoms with Crippen LogP contribution in [0.25, 0.3) is 0 Å². The SMILES string of the molecule is FC(F)(F)c1cc(NCC2CCOC2)ccc1Br. The molecule has 1 fully saturated rings. The average molecular weight is 324 g/mol. The van der Waals surface area contributed by atoms with E-state index >= 15 is 0 Å². The highest BCUT2D eigenvalue weighted by molar-refractivity contribution is 9.10. The number of anilines is 1. The Hall–Kier alpha value is -0.750. The first-order valence-electron chi connectivity index (χ1n) is 5.65. The lowest BCUT2D eigenvalue weighted by Crippen LogP contribution is -2.15. The molecule has 0 aliphatic carbocycles. The molecule has 1 atom stereocenters. The predicted molar refractivity (Wildman–Crippen MR) is 66.6 cm³/mol. The van der Waals surface area contributed by atoms with Gasteiger partial charge in [0.25, 0.3) is 0 Å². The lowest BCUT2D eigenvalue weighted by Gasteiger charge is -2.14. The second-order valence-corrected chi connectivity index (χ2v) is 5.16. The fourth-order valence-corrected chi connectivity index (χ4v) is 2.33. The number of hydrogen-bond acceptors (Lipinski definition) is 2. The van der Waals surface area contributed by atoms with Crippen molar-refractivity contribution in [1.29, 1.82) is 0 Å². The largest absolute Gasteiger partial charge is 0.417 e. The normalized spacial score (nSPS) is 20.1. The van der Waals surface area contributed by atoms with E-state index < -0.39 is 11.7 Å². The summed E-state index contributed by atoms with van der Waals surface area (Å²) >= 11 is 2.92. The molecule has 18 heavy (non-hydrogen) atoms. The molecule has 0 spiro atoms. The van der Waals surface area contributed by atoms with Gasteiger partial charge in [0.15, 0.2) is 0 Å². The van der Waals surface area contributed by atoms with E-state index in [0.717, 1.165) is 19.1 Å². The molecule has 0 bridgehead atoms. The Morgan fingerprint density at radius 2 is 2.17 bits per heavy atom. The van der Waals surface area contributed by atoms with E-state index in [0.29, 0.717) is 24.8 Å². The number of alkyl halides is 3. The smallest absolute Gasteiger partial charge is 0.385 e. The zero-order chi connectivity index (χ0) is 13.2. The van der Waals surface area contributed by atoms with Gasteiger partial charge in [0.05, 0.1) is 12.2 Å². The summed E-state index contributed by atoms with van der Waals surface area (Å²) in [5.41, 5.74) is -0.174. The first-order chi connectivity index (χ1) is 8.47. The highest BCUT2D eigenvalue weighted by atomic mass is 79.9. The van der Waals surface area contributed by atoms with E-state index in [1.165, 1.54) is 6.07 Å². The van der Waals surface area contributed by atoms with E-state index in [9.17, 15) is 13.2 Å². The summed E-state index contributed by atoms with van der Waals surface area (Å²) in [5.74, 6) is 0.378. The van der Waals surface area contributed by atoms with Crippen LogP contribution in [0.4, 0.5) is 18.9 Å². The highest BCUT2D eigenvalue weighted by Gasteiger charge is 2.33. The summed E-state index contributed by atoms with van der Waals surface area (Å²) in [6.07, 6.45) is -3.39. The maximum atomic E-state index is 12.7. The van der Waals surface area contributed by atoms with Crippen LogP contribution in [0.3, 0.4) is 0 Å². The Balaban J connectivity index is 2.04. The molecule has 0 aromatic heterocycles. The molecule has 1 aliphatic rings. The number of rotatable bonds is 3. The molecule has 1 aliphatic heterocycles. The molecule has 1 saturated heterocycles. The first kappa shape index (κ1) is 13.7. The van der Waals surface area contributed by atoms with Gasteiger partial charge in [0.1, 0.15) is 0 Å². The molecular weight excluding hydrogens is 311 g/mol. The maximum absolute atomic E-state index is 12.7. The standard InChI is InChI=1S/C12H13BrF3NO/c13-11-2-1-9(5-10(11)12(14,15)16)17-6-8-3-4-18-7-8/h1-2,5,8,17H,3-4,6-7H2. The van der Waals surface area contributed by atoms with Crippen molar-refractivity contribution in [3.05, 3.63) is 28.2 Å². The topological polar surface area (TPSA) is 21.3 Å². The van der Waals surface area contributed by atoms with Gasteiger partial charge in [-0.2, -0.15) is 13.2 Å². The summed E-state index contributed by atoms with van der Waals surface area (Å²) < 4.78 is 43.4. The van der Waals surface area contributed by atoms with Gasteiger partial charge in [-0.25, -0.2) is 0 Å². The van der Waals surface area contributed by atoms with E-state index in [1.807, 2.05) is 0 Å². The van der Waals surface area contributed by atoms with Crippen LogP contribution < -0.4 is 5.32 Å². The van der Waals surface area contributed by atoms with Crippen LogP contribution >= 0.6 is 15.9 Å². The minimum absolute atomic E-state index is 0.0600. The lowest BCUT2D eigenvalue weighted by atomic mass is 10.1. The molecule has 0 saturated carbocycles. The van der Waals surface area contributed by atoms with Gasteiger partial charge >= 0.3 is 6.18 Å². The van der Waals surface area contributed by atoms with Crippen molar-refractivity contribution in [1.82, 2.24) is 0 Å². The van der Waals surface area contributed by atoms with Gasteiger partial charge in [-0.3, -0.25) is 0 Å². The number of benzene rings is 1. The van der Waals surface area contributed by atoms with Gasteiger partial charge in [-0.15, -0.1) is 0 Å². The quantitative estimate of drug-likeness (QED) is 0.910. The van der Waals surface area contributed by atoms with Crippen molar-refractivity contribution in [3.8, 4) is 0 Å². The molecule has 1 heterocycles. The van der Waals surface area contributed by atoms with Crippen molar-refractivity contribution in [2.75, 3.05) is 25.1 Å². The third-order valence-corrected chi connectivity index (χ3v) is 3.58. The van der Waals surface area contributed by atoms with Crippen LogP contribution in [0.5, 0.6) is 0 Å². The molecule has 1 unspecified atom stereocenters. The number of ether oxygens (including phenoxy) is 1. The summed E-state index contributed by atoms with van der Waals surface area (Å²) in [4.78, 5) is 0. The molecular formula is C12H13BrF3NO. The number of hydrogen-bond donors (Lipinski definition) is 1. The summed E-state index contributed by atoms with van der Waals surface area (Å²) in [5, 5.41) is 3.03. The van der Waals surface area contributed by atoms with Crippen LogP contribution in [0, 0.1) is 5.92 Å². The Morgan fingerprint density at radius 1 is 1.39 bits per heavy atom. The molecule has 1 N–H and O–H groups in total. The van der Waals surface area contributed by atoms with Gasteiger partial charge in [0.2, 0.25) is 0 Å². The van der Waals surface area contributed by atoms with E-state index in [4.69, 9.17) is 4.74 Å². The van der Waals surface area contributed by atoms with Crippen molar-refractivity contribution >= 4 is 21.6 Å². The molecule has 2 nitrogen and oxygen atoms in total. The van der Waals surface area contributed by atoms with Gasteiger partial charge in [-0.05, 0) is 24.6 Å². The lowest BCUT2D eigenvalue weighted by molar-refractivity contribution is -0.138. The molecule has 0 amide bonds. The minimum atomic E-state index is -4.34. The summed E-state index contributed by atoms with van der Waals surface area (Å²) in [6.45, 7) is 2.05. The number of nitrogens with one attached hydrogen (secondary N) is 1. The van der Waals surface area contributed by atoms with Crippen molar-refractivity contribution in [2.24, 2.45) is 5.92 Å². The molecule has 100 valence electrons. The zero-order valence-electron chi connectivity index (χ0n) is 9.56. The predicted octanol–water partition coefficient (Wildman–Crippen LogP) is 3.92. The van der Waals surface area contributed by atoms with Crippen molar-refractivity contribution in [2.45, 2.75) is 12.6 Å². The Labute approximate surface area is 112 Å². The van der Waals surface area contributed by atoms with E-state index in [2.05, 4.69) is 21.2 Å². The van der Waals surface area contributed by atoms with Gasteiger partial charge < -0.3 is 10.1 Å². The van der Waals surface area contributed by atoms with Crippen LogP contribution in [0.2, 0.25) is 0 Å². The third kappa shape index (κ3) is 3.38. The second kappa shape index (κ2) is 5.48. The number of halogens is 4. The van der Waals surface area contributed by atoms with E-state index in [-0.39, 0.29) is 4.47 Å². The van der Waals surface area contributed by atoms with Crippen molar-refractivity contribution < 1.29 is 17.9 Å². The third-order valence-electron chi connectivity index (χ3n) is 2.89. The Bertz CT molecular complexity index is 416. The Kier molecular flexibility index (Phi) is 4.17. The Morgan fingerprint density at radius 3 is 2.78 bits per heavy atom. The van der Waals surface area contributed by atoms with Crippen LogP contribution in [0.15, 0.2) is 22.7 Å². The molecule has 6 heteroatoms. The molecule has 1 aromatic carbocycles. The average Bonchev–Trinajstić information content (AvgIpc) is 2.79. The van der Waals surface area contributed by atoms with Gasteiger partial charge in [0, 0.05) is 29.2 Å². The molecule has 2 rings (SSSR count). The molecule has 0 radical (unpaired) electrons. The monoisotopic (exact) mass is 323 g/mol. The fraction of sp³-hybridized carbons (Fsp3) is 0.500.